The maximum Gasteiger partial charge on any atom is 0.240 e. The van der Waals surface area contributed by atoms with Crippen molar-refractivity contribution >= 4 is 5.91 Å². The van der Waals surface area contributed by atoms with E-state index in [4.69, 9.17) is 5.73 Å². The summed E-state index contributed by atoms with van der Waals surface area (Å²) in [5.74, 6) is 0.110. The van der Waals surface area contributed by atoms with Crippen molar-refractivity contribution in [2.45, 2.75) is 33.4 Å². The number of phenols is 1. The number of benzene rings is 1. The van der Waals surface area contributed by atoms with Gasteiger partial charge in [-0.05, 0) is 23.1 Å². The summed E-state index contributed by atoms with van der Waals surface area (Å²) in [5.41, 5.74) is 6.56. The Balaban J connectivity index is 2.71. The molecule has 18 heavy (non-hydrogen) atoms. The van der Waals surface area contributed by atoms with E-state index in [1.807, 2.05) is 26.8 Å². The second kappa shape index (κ2) is 5.40. The normalized spacial score (nSPS) is 13.2. The third-order valence-electron chi connectivity index (χ3n) is 2.91. The molecule has 0 aliphatic rings. The second-order valence-electron chi connectivity index (χ2n) is 5.71. The number of nitrogens with zero attached hydrogens (tertiary/aromatic N) is 1. The Morgan fingerprint density at radius 2 is 2.06 bits per heavy atom. The van der Waals surface area contributed by atoms with Crippen molar-refractivity contribution in [3.05, 3.63) is 29.8 Å². The van der Waals surface area contributed by atoms with Crippen LogP contribution in [-0.4, -0.2) is 29.0 Å². The zero-order chi connectivity index (χ0) is 13.9. The molecule has 0 aliphatic carbocycles. The van der Waals surface area contributed by atoms with Gasteiger partial charge in [0, 0.05) is 13.6 Å². The lowest BCUT2D eigenvalue weighted by Gasteiger charge is -2.30. The van der Waals surface area contributed by atoms with Crippen molar-refractivity contribution in [1.82, 2.24) is 4.90 Å². The number of amides is 1. The number of rotatable bonds is 3. The molecule has 100 valence electrons. The van der Waals surface area contributed by atoms with E-state index in [0.717, 1.165) is 5.56 Å². The summed E-state index contributed by atoms with van der Waals surface area (Å²) in [7, 11) is 1.72. The van der Waals surface area contributed by atoms with Gasteiger partial charge < -0.3 is 15.7 Å². The van der Waals surface area contributed by atoms with Crippen LogP contribution in [-0.2, 0) is 11.3 Å². The van der Waals surface area contributed by atoms with Crippen molar-refractivity contribution in [3.63, 3.8) is 0 Å². The molecule has 0 spiro atoms. The van der Waals surface area contributed by atoms with Crippen LogP contribution in [0.3, 0.4) is 0 Å². The monoisotopic (exact) mass is 250 g/mol. The molecule has 0 unspecified atom stereocenters. The van der Waals surface area contributed by atoms with Gasteiger partial charge in [-0.1, -0.05) is 32.9 Å². The highest BCUT2D eigenvalue weighted by Crippen LogP contribution is 2.20. The van der Waals surface area contributed by atoms with Crippen LogP contribution in [0.5, 0.6) is 5.75 Å². The molecule has 1 rings (SSSR count). The molecule has 1 atom stereocenters. The fraction of sp³-hybridized carbons (Fsp3) is 0.500. The Bertz CT molecular complexity index is 424. The minimum atomic E-state index is -0.528. The first-order valence-corrected chi connectivity index (χ1v) is 6.00. The fourth-order valence-electron chi connectivity index (χ4n) is 1.61. The lowest BCUT2D eigenvalue weighted by atomic mass is 9.86. The van der Waals surface area contributed by atoms with Crippen LogP contribution in [0, 0.1) is 5.41 Å². The van der Waals surface area contributed by atoms with Crippen LogP contribution in [0.15, 0.2) is 24.3 Å². The minimum absolute atomic E-state index is 0.0918. The van der Waals surface area contributed by atoms with E-state index in [9.17, 15) is 9.90 Å². The van der Waals surface area contributed by atoms with Crippen LogP contribution in [0.1, 0.15) is 26.3 Å². The Morgan fingerprint density at radius 3 is 2.56 bits per heavy atom. The Hall–Kier alpha value is -1.55. The number of phenolic OH excluding ortho intramolecular Hbond substituents is 1. The van der Waals surface area contributed by atoms with Gasteiger partial charge in [-0.25, -0.2) is 0 Å². The Morgan fingerprint density at radius 1 is 1.44 bits per heavy atom. The number of aromatic hydroxyl groups is 1. The van der Waals surface area contributed by atoms with Crippen LogP contribution < -0.4 is 5.73 Å². The highest BCUT2D eigenvalue weighted by molar-refractivity contribution is 5.82. The molecule has 0 aliphatic heterocycles. The van der Waals surface area contributed by atoms with Gasteiger partial charge in [0.25, 0.3) is 0 Å². The standard InChI is InChI=1S/C14H22N2O2/c1-14(2,3)12(15)13(18)16(4)9-10-6-5-7-11(17)8-10/h5-8,12,17H,9,15H2,1-4H3/t12-/m1/s1. The topological polar surface area (TPSA) is 66.6 Å². The second-order valence-corrected chi connectivity index (χ2v) is 5.71. The number of likely N-dealkylation sites (N-methyl/N-ethyl adjacent to an activating group) is 1. The average Bonchev–Trinajstić information content (AvgIpc) is 2.25. The zero-order valence-electron chi connectivity index (χ0n) is 11.5. The molecule has 0 saturated heterocycles. The first-order valence-electron chi connectivity index (χ1n) is 6.00. The maximum atomic E-state index is 12.1. The smallest absolute Gasteiger partial charge is 0.240 e. The Kier molecular flexibility index (Phi) is 4.35. The van der Waals surface area contributed by atoms with E-state index in [1.54, 1.807) is 30.1 Å². The van der Waals surface area contributed by atoms with Gasteiger partial charge >= 0.3 is 0 Å². The lowest BCUT2D eigenvalue weighted by Crippen LogP contribution is -2.48. The van der Waals surface area contributed by atoms with Gasteiger partial charge in [-0.3, -0.25) is 4.79 Å². The van der Waals surface area contributed by atoms with Crippen LogP contribution in [0.4, 0.5) is 0 Å². The van der Waals surface area contributed by atoms with E-state index in [2.05, 4.69) is 0 Å². The average molecular weight is 250 g/mol. The van der Waals surface area contributed by atoms with Gasteiger partial charge in [-0.15, -0.1) is 0 Å². The number of nitrogens with two attached hydrogens (primary N) is 1. The van der Waals surface area contributed by atoms with Gasteiger partial charge in [0.15, 0.2) is 0 Å². The van der Waals surface area contributed by atoms with Crippen molar-refractivity contribution in [1.29, 1.82) is 0 Å². The molecule has 1 aromatic rings. The maximum absolute atomic E-state index is 12.1. The molecule has 0 fully saturated rings. The molecule has 0 bridgehead atoms. The van der Waals surface area contributed by atoms with Crippen molar-refractivity contribution in [2.75, 3.05) is 7.05 Å². The summed E-state index contributed by atoms with van der Waals surface area (Å²) in [6, 6.07) is 6.34. The fourth-order valence-corrected chi connectivity index (χ4v) is 1.61. The van der Waals surface area contributed by atoms with E-state index >= 15 is 0 Å². The molecule has 4 nitrogen and oxygen atoms in total. The molecule has 0 aromatic heterocycles. The summed E-state index contributed by atoms with van der Waals surface area (Å²) in [6.07, 6.45) is 0. The summed E-state index contributed by atoms with van der Waals surface area (Å²) in [4.78, 5) is 13.7. The van der Waals surface area contributed by atoms with Crippen molar-refractivity contribution < 1.29 is 9.90 Å². The van der Waals surface area contributed by atoms with E-state index in [1.165, 1.54) is 0 Å². The number of carbonyl (C=O) groups excluding carboxylic acids is 1. The highest BCUT2D eigenvalue weighted by atomic mass is 16.3. The predicted octanol–water partition coefficient (Wildman–Crippen LogP) is 1.72. The van der Waals surface area contributed by atoms with Gasteiger partial charge in [0.1, 0.15) is 5.75 Å². The van der Waals surface area contributed by atoms with Crippen molar-refractivity contribution in [2.24, 2.45) is 11.1 Å². The zero-order valence-corrected chi connectivity index (χ0v) is 11.5. The third kappa shape index (κ3) is 3.74. The minimum Gasteiger partial charge on any atom is -0.508 e. The van der Waals surface area contributed by atoms with Crippen LogP contribution in [0.25, 0.3) is 0 Å². The first kappa shape index (κ1) is 14.5. The molecule has 4 heteroatoms. The first-order chi connectivity index (χ1) is 8.21. The summed E-state index contributed by atoms with van der Waals surface area (Å²) in [5, 5.41) is 9.37. The molecule has 0 saturated carbocycles. The third-order valence-corrected chi connectivity index (χ3v) is 2.91. The predicted molar refractivity (Wildman–Crippen MR) is 72.0 cm³/mol. The van der Waals surface area contributed by atoms with Crippen molar-refractivity contribution in [3.8, 4) is 5.75 Å². The van der Waals surface area contributed by atoms with Crippen LogP contribution >= 0.6 is 0 Å². The molecular weight excluding hydrogens is 228 g/mol. The number of hydrogen-bond acceptors (Lipinski definition) is 3. The molecule has 1 amide bonds. The largest absolute Gasteiger partial charge is 0.508 e. The van der Waals surface area contributed by atoms with Gasteiger partial charge in [0.05, 0.1) is 6.04 Å². The number of hydrogen-bond donors (Lipinski definition) is 2. The van der Waals surface area contributed by atoms with E-state index in [-0.39, 0.29) is 17.1 Å². The SMILES string of the molecule is CN(Cc1cccc(O)c1)C(=O)[C@@H](N)C(C)(C)C. The molecule has 0 heterocycles. The highest BCUT2D eigenvalue weighted by Gasteiger charge is 2.29. The van der Waals surface area contributed by atoms with E-state index < -0.39 is 6.04 Å². The quantitative estimate of drug-likeness (QED) is 0.858. The van der Waals surface area contributed by atoms with Crippen LogP contribution in [0.2, 0.25) is 0 Å². The molecule has 0 radical (unpaired) electrons. The molecule has 1 aromatic carbocycles. The lowest BCUT2D eigenvalue weighted by molar-refractivity contribution is -0.134. The van der Waals surface area contributed by atoms with Gasteiger partial charge in [0.2, 0.25) is 5.91 Å². The molecular formula is C14H22N2O2. The van der Waals surface area contributed by atoms with Gasteiger partial charge in [-0.2, -0.15) is 0 Å². The number of carbonyl (C=O) groups is 1. The molecule has 3 N–H and O–H groups in total. The summed E-state index contributed by atoms with van der Waals surface area (Å²) < 4.78 is 0. The van der Waals surface area contributed by atoms with E-state index in [0.29, 0.717) is 6.54 Å². The Labute approximate surface area is 108 Å². The summed E-state index contributed by atoms with van der Waals surface area (Å²) in [6.45, 7) is 6.27. The summed E-state index contributed by atoms with van der Waals surface area (Å²) >= 11 is 0.